The van der Waals surface area contributed by atoms with E-state index in [0.717, 1.165) is 28.9 Å². The second-order valence-electron chi connectivity index (χ2n) is 4.96. The first-order valence-electron chi connectivity index (χ1n) is 6.48. The summed E-state index contributed by atoms with van der Waals surface area (Å²) < 4.78 is 5.54. The number of hydrogen-bond acceptors (Lipinski definition) is 3. The summed E-state index contributed by atoms with van der Waals surface area (Å²) in [6.07, 6.45) is 0.854. The minimum Gasteiger partial charge on any atom is -0.496 e. The van der Waals surface area contributed by atoms with Gasteiger partial charge in [-0.2, -0.15) is 0 Å². The molecule has 0 amide bonds. The van der Waals surface area contributed by atoms with Gasteiger partial charge >= 0.3 is 0 Å². The molecule has 0 aliphatic rings. The van der Waals surface area contributed by atoms with Crippen LogP contribution in [0.25, 0.3) is 0 Å². The Morgan fingerprint density at radius 3 is 2.33 bits per heavy atom. The summed E-state index contributed by atoms with van der Waals surface area (Å²) in [5, 5.41) is 9.42. The van der Waals surface area contributed by atoms with Crippen molar-refractivity contribution < 1.29 is 9.84 Å². The van der Waals surface area contributed by atoms with Gasteiger partial charge < -0.3 is 15.6 Å². The lowest BCUT2D eigenvalue weighted by atomic mass is 9.86. The van der Waals surface area contributed by atoms with Crippen LogP contribution in [0.3, 0.4) is 0 Å². The van der Waals surface area contributed by atoms with E-state index in [-0.39, 0.29) is 18.6 Å². The van der Waals surface area contributed by atoms with Gasteiger partial charge in [-0.3, -0.25) is 0 Å². The van der Waals surface area contributed by atoms with Gasteiger partial charge in [0, 0.05) is 24.1 Å². The van der Waals surface area contributed by atoms with Crippen molar-refractivity contribution in [3.63, 3.8) is 0 Å². The fourth-order valence-corrected chi connectivity index (χ4v) is 2.48. The molecule has 18 heavy (non-hydrogen) atoms. The lowest BCUT2D eigenvalue weighted by Crippen LogP contribution is -2.25. The van der Waals surface area contributed by atoms with E-state index in [1.165, 1.54) is 5.56 Å². The first-order chi connectivity index (χ1) is 8.47. The highest BCUT2D eigenvalue weighted by atomic mass is 16.5. The van der Waals surface area contributed by atoms with Crippen LogP contribution in [0.5, 0.6) is 5.75 Å². The average Bonchev–Trinajstić information content (AvgIpc) is 2.34. The van der Waals surface area contributed by atoms with Gasteiger partial charge in [0.1, 0.15) is 5.75 Å². The summed E-state index contributed by atoms with van der Waals surface area (Å²) >= 11 is 0. The van der Waals surface area contributed by atoms with Crippen LogP contribution in [-0.2, 0) is 0 Å². The molecule has 0 aliphatic heterocycles. The van der Waals surface area contributed by atoms with Crippen LogP contribution in [0, 0.1) is 26.7 Å². The van der Waals surface area contributed by atoms with E-state index in [2.05, 4.69) is 13.0 Å². The zero-order valence-electron chi connectivity index (χ0n) is 12.1. The standard InChI is InChI=1S/C15H25NO2/c1-6-12(8-17)14(16)13-10(3)7-9(2)11(4)15(13)18-5/h7,12,14,17H,6,8,16H2,1-5H3. The number of aliphatic hydroxyl groups is 1. The predicted molar refractivity (Wildman–Crippen MR) is 75.0 cm³/mol. The van der Waals surface area contributed by atoms with E-state index in [0.29, 0.717) is 0 Å². The Hall–Kier alpha value is -1.06. The summed E-state index contributed by atoms with van der Waals surface area (Å²) in [7, 11) is 1.68. The second kappa shape index (κ2) is 6.21. The molecule has 1 aromatic carbocycles. The van der Waals surface area contributed by atoms with E-state index in [1.807, 2.05) is 20.8 Å². The number of aryl methyl sites for hydroxylation is 2. The maximum atomic E-state index is 9.42. The van der Waals surface area contributed by atoms with E-state index >= 15 is 0 Å². The maximum absolute atomic E-state index is 9.42. The van der Waals surface area contributed by atoms with Crippen molar-refractivity contribution in [2.24, 2.45) is 11.7 Å². The van der Waals surface area contributed by atoms with Crippen molar-refractivity contribution >= 4 is 0 Å². The fourth-order valence-electron chi connectivity index (χ4n) is 2.48. The summed E-state index contributed by atoms with van der Waals surface area (Å²) in [4.78, 5) is 0. The van der Waals surface area contributed by atoms with E-state index in [4.69, 9.17) is 10.5 Å². The van der Waals surface area contributed by atoms with Gasteiger partial charge in [-0.15, -0.1) is 0 Å². The molecule has 3 heteroatoms. The average molecular weight is 251 g/mol. The van der Waals surface area contributed by atoms with Crippen molar-refractivity contribution in [3.05, 3.63) is 28.3 Å². The molecule has 2 atom stereocenters. The SMILES string of the molecule is CCC(CO)C(N)c1c(C)cc(C)c(C)c1OC. The molecule has 3 nitrogen and oxygen atoms in total. The zero-order chi connectivity index (χ0) is 13.9. The van der Waals surface area contributed by atoms with Crippen molar-refractivity contribution in [1.29, 1.82) is 0 Å². The van der Waals surface area contributed by atoms with Crippen molar-refractivity contribution in [3.8, 4) is 5.75 Å². The van der Waals surface area contributed by atoms with Gasteiger partial charge in [0.2, 0.25) is 0 Å². The Kier molecular flexibility index (Phi) is 5.17. The van der Waals surface area contributed by atoms with Crippen LogP contribution >= 0.6 is 0 Å². The third-order valence-electron chi connectivity index (χ3n) is 3.84. The molecular formula is C15H25NO2. The number of methoxy groups -OCH3 is 1. The van der Waals surface area contributed by atoms with Crippen LogP contribution in [-0.4, -0.2) is 18.8 Å². The number of benzene rings is 1. The summed E-state index contributed by atoms with van der Waals surface area (Å²) in [5.74, 6) is 0.937. The van der Waals surface area contributed by atoms with Crippen LogP contribution in [0.15, 0.2) is 6.07 Å². The molecule has 0 saturated heterocycles. The number of rotatable bonds is 5. The Labute approximate surface area is 110 Å². The Morgan fingerprint density at radius 2 is 1.89 bits per heavy atom. The van der Waals surface area contributed by atoms with Gasteiger partial charge in [0.15, 0.2) is 0 Å². The lowest BCUT2D eigenvalue weighted by molar-refractivity contribution is 0.199. The minimum absolute atomic E-state index is 0.0692. The van der Waals surface area contributed by atoms with Gasteiger partial charge in [0.25, 0.3) is 0 Å². The summed E-state index contributed by atoms with van der Waals surface area (Å²) in [6, 6.07) is 1.95. The number of aliphatic hydroxyl groups excluding tert-OH is 1. The van der Waals surface area contributed by atoms with Crippen LogP contribution in [0.4, 0.5) is 0 Å². The molecule has 0 aliphatic carbocycles. The highest BCUT2D eigenvalue weighted by Gasteiger charge is 2.24. The highest BCUT2D eigenvalue weighted by molar-refractivity contribution is 5.51. The van der Waals surface area contributed by atoms with Crippen molar-refractivity contribution in [1.82, 2.24) is 0 Å². The molecule has 1 rings (SSSR count). The van der Waals surface area contributed by atoms with Gasteiger partial charge in [-0.25, -0.2) is 0 Å². The minimum atomic E-state index is -0.186. The van der Waals surface area contributed by atoms with Gasteiger partial charge in [0.05, 0.1) is 7.11 Å². The molecule has 0 spiro atoms. The number of hydrogen-bond donors (Lipinski definition) is 2. The second-order valence-corrected chi connectivity index (χ2v) is 4.96. The molecule has 3 N–H and O–H groups in total. The quantitative estimate of drug-likeness (QED) is 0.846. The summed E-state index contributed by atoms with van der Waals surface area (Å²) in [6.45, 7) is 8.32. The first kappa shape index (κ1) is 15.0. The molecular weight excluding hydrogens is 226 g/mol. The van der Waals surface area contributed by atoms with Crippen LogP contribution < -0.4 is 10.5 Å². The highest BCUT2D eigenvalue weighted by Crippen LogP contribution is 2.36. The van der Waals surface area contributed by atoms with Crippen LogP contribution in [0.1, 0.15) is 41.6 Å². The van der Waals surface area contributed by atoms with Crippen molar-refractivity contribution in [2.45, 2.75) is 40.2 Å². The Bertz CT molecular complexity index is 411. The molecule has 0 fully saturated rings. The van der Waals surface area contributed by atoms with E-state index in [9.17, 15) is 5.11 Å². The van der Waals surface area contributed by atoms with Crippen molar-refractivity contribution in [2.75, 3.05) is 13.7 Å². The largest absolute Gasteiger partial charge is 0.496 e. The Morgan fingerprint density at radius 1 is 1.28 bits per heavy atom. The lowest BCUT2D eigenvalue weighted by Gasteiger charge is -2.26. The van der Waals surface area contributed by atoms with Gasteiger partial charge in [-0.1, -0.05) is 13.0 Å². The third kappa shape index (κ3) is 2.68. The molecule has 102 valence electrons. The number of ether oxygens (including phenoxy) is 1. The summed E-state index contributed by atoms with van der Waals surface area (Å²) in [5.41, 5.74) is 10.8. The monoisotopic (exact) mass is 251 g/mol. The first-order valence-corrected chi connectivity index (χ1v) is 6.48. The topological polar surface area (TPSA) is 55.5 Å². The maximum Gasteiger partial charge on any atom is 0.127 e. The van der Waals surface area contributed by atoms with E-state index < -0.39 is 0 Å². The molecule has 1 aromatic rings. The molecule has 0 heterocycles. The van der Waals surface area contributed by atoms with Gasteiger partial charge in [-0.05, 0) is 43.9 Å². The molecule has 0 aromatic heterocycles. The fraction of sp³-hybridized carbons (Fsp3) is 0.600. The Balaban J connectivity index is 3.34. The number of nitrogens with two attached hydrogens (primary N) is 1. The normalized spacial score (nSPS) is 14.4. The third-order valence-corrected chi connectivity index (χ3v) is 3.84. The smallest absolute Gasteiger partial charge is 0.127 e. The molecule has 2 unspecified atom stereocenters. The molecule has 0 saturated carbocycles. The molecule has 0 radical (unpaired) electrons. The zero-order valence-corrected chi connectivity index (χ0v) is 12.1. The van der Waals surface area contributed by atoms with E-state index in [1.54, 1.807) is 7.11 Å². The predicted octanol–water partition coefficient (Wildman–Crippen LogP) is 2.64. The molecule has 0 bridgehead atoms. The van der Waals surface area contributed by atoms with Crippen LogP contribution in [0.2, 0.25) is 0 Å².